The fourth-order valence-corrected chi connectivity index (χ4v) is 2.31. The van der Waals surface area contributed by atoms with Crippen LogP contribution in [0.15, 0.2) is 18.2 Å². The second kappa shape index (κ2) is 6.02. The van der Waals surface area contributed by atoms with Gasteiger partial charge in [0, 0.05) is 45.3 Å². The summed E-state index contributed by atoms with van der Waals surface area (Å²) in [6, 6.07) is 4.69. The molecule has 1 aromatic rings. The Morgan fingerprint density at radius 2 is 2.00 bits per heavy atom. The SMILES string of the molecule is COc1cc(F)ccc1N1CCN(CCN)CC1. The molecule has 0 unspecified atom stereocenters. The minimum Gasteiger partial charge on any atom is -0.494 e. The van der Waals surface area contributed by atoms with Crippen LogP contribution in [0.2, 0.25) is 0 Å². The zero-order valence-electron chi connectivity index (χ0n) is 10.7. The highest BCUT2D eigenvalue weighted by Crippen LogP contribution is 2.29. The second-order valence-corrected chi connectivity index (χ2v) is 4.43. The number of nitrogens with zero attached hydrogens (tertiary/aromatic N) is 2. The van der Waals surface area contributed by atoms with E-state index in [0.29, 0.717) is 12.3 Å². The minimum absolute atomic E-state index is 0.266. The predicted molar refractivity (Wildman–Crippen MR) is 70.7 cm³/mol. The maximum atomic E-state index is 13.1. The van der Waals surface area contributed by atoms with E-state index in [9.17, 15) is 4.39 Å². The van der Waals surface area contributed by atoms with E-state index in [1.165, 1.54) is 12.1 Å². The molecule has 18 heavy (non-hydrogen) atoms. The number of methoxy groups -OCH3 is 1. The summed E-state index contributed by atoms with van der Waals surface area (Å²) in [6.45, 7) is 5.44. The maximum Gasteiger partial charge on any atom is 0.145 e. The third kappa shape index (κ3) is 2.91. The average Bonchev–Trinajstić information content (AvgIpc) is 2.40. The van der Waals surface area contributed by atoms with E-state index in [0.717, 1.165) is 38.4 Å². The number of halogens is 1. The summed E-state index contributed by atoms with van der Waals surface area (Å²) in [7, 11) is 1.57. The highest BCUT2D eigenvalue weighted by Gasteiger charge is 2.19. The van der Waals surface area contributed by atoms with Gasteiger partial charge in [0.2, 0.25) is 0 Å². The summed E-state index contributed by atoms with van der Waals surface area (Å²) in [4.78, 5) is 4.57. The van der Waals surface area contributed by atoms with Gasteiger partial charge in [0.1, 0.15) is 11.6 Å². The van der Waals surface area contributed by atoms with Crippen molar-refractivity contribution >= 4 is 5.69 Å². The summed E-state index contributed by atoms with van der Waals surface area (Å²) in [5, 5.41) is 0. The van der Waals surface area contributed by atoms with Crippen molar-refractivity contribution in [3.05, 3.63) is 24.0 Å². The minimum atomic E-state index is -0.266. The smallest absolute Gasteiger partial charge is 0.145 e. The Morgan fingerprint density at radius 1 is 1.28 bits per heavy atom. The molecule has 1 aliphatic heterocycles. The molecule has 2 rings (SSSR count). The van der Waals surface area contributed by atoms with Crippen molar-refractivity contribution in [2.24, 2.45) is 5.73 Å². The van der Waals surface area contributed by atoms with Crippen molar-refractivity contribution in [2.75, 3.05) is 51.3 Å². The Labute approximate surface area is 107 Å². The number of nitrogens with two attached hydrogens (primary N) is 1. The fraction of sp³-hybridized carbons (Fsp3) is 0.538. The van der Waals surface area contributed by atoms with E-state index in [4.69, 9.17) is 10.5 Å². The van der Waals surface area contributed by atoms with E-state index < -0.39 is 0 Å². The molecule has 0 spiro atoms. The van der Waals surface area contributed by atoms with Crippen LogP contribution in [-0.4, -0.2) is 51.3 Å². The molecule has 1 heterocycles. The Balaban J connectivity index is 2.05. The normalized spacial score (nSPS) is 16.9. The monoisotopic (exact) mass is 253 g/mol. The molecular weight excluding hydrogens is 233 g/mol. The summed E-state index contributed by atoms with van der Waals surface area (Å²) >= 11 is 0. The predicted octanol–water partition coefficient (Wildman–Crippen LogP) is 0.915. The third-order valence-electron chi connectivity index (χ3n) is 3.30. The summed E-state index contributed by atoms with van der Waals surface area (Å²) in [5.74, 6) is 0.333. The lowest BCUT2D eigenvalue weighted by atomic mass is 10.2. The summed E-state index contributed by atoms with van der Waals surface area (Å²) in [6.07, 6.45) is 0. The summed E-state index contributed by atoms with van der Waals surface area (Å²) in [5.41, 5.74) is 6.51. The largest absolute Gasteiger partial charge is 0.494 e. The van der Waals surface area contributed by atoms with Crippen LogP contribution < -0.4 is 15.4 Å². The van der Waals surface area contributed by atoms with Gasteiger partial charge in [-0.3, -0.25) is 4.90 Å². The molecule has 0 radical (unpaired) electrons. The standard InChI is InChI=1S/C13H20FN3O/c1-18-13-10-11(14)2-3-12(13)17-8-6-16(5-4-15)7-9-17/h2-3,10H,4-9,15H2,1H3. The molecule has 1 aromatic carbocycles. The van der Waals surface area contributed by atoms with Gasteiger partial charge in [-0.25, -0.2) is 4.39 Å². The molecule has 5 heteroatoms. The number of benzene rings is 1. The quantitative estimate of drug-likeness (QED) is 0.866. The van der Waals surface area contributed by atoms with Crippen molar-refractivity contribution in [3.8, 4) is 5.75 Å². The van der Waals surface area contributed by atoms with Gasteiger partial charge in [-0.05, 0) is 12.1 Å². The topological polar surface area (TPSA) is 41.7 Å². The molecule has 1 aliphatic rings. The fourth-order valence-electron chi connectivity index (χ4n) is 2.31. The van der Waals surface area contributed by atoms with Crippen molar-refractivity contribution in [3.63, 3.8) is 0 Å². The van der Waals surface area contributed by atoms with Crippen molar-refractivity contribution in [1.82, 2.24) is 4.90 Å². The van der Waals surface area contributed by atoms with Crippen LogP contribution in [0.4, 0.5) is 10.1 Å². The van der Waals surface area contributed by atoms with E-state index >= 15 is 0 Å². The first-order chi connectivity index (χ1) is 8.74. The Bertz CT molecular complexity index is 392. The maximum absolute atomic E-state index is 13.1. The van der Waals surface area contributed by atoms with Crippen LogP contribution in [-0.2, 0) is 0 Å². The Hall–Kier alpha value is -1.33. The Kier molecular flexibility index (Phi) is 4.38. The van der Waals surface area contributed by atoms with Gasteiger partial charge in [-0.15, -0.1) is 0 Å². The van der Waals surface area contributed by atoms with E-state index in [2.05, 4.69) is 9.80 Å². The molecule has 100 valence electrons. The molecule has 1 fully saturated rings. The van der Waals surface area contributed by atoms with Gasteiger partial charge in [-0.2, -0.15) is 0 Å². The van der Waals surface area contributed by atoms with Gasteiger partial charge in [0.15, 0.2) is 0 Å². The van der Waals surface area contributed by atoms with Crippen molar-refractivity contribution in [2.45, 2.75) is 0 Å². The average molecular weight is 253 g/mol. The van der Waals surface area contributed by atoms with Crippen LogP contribution in [0.3, 0.4) is 0 Å². The first-order valence-electron chi connectivity index (χ1n) is 6.25. The zero-order valence-corrected chi connectivity index (χ0v) is 10.7. The molecule has 0 aliphatic carbocycles. The van der Waals surface area contributed by atoms with E-state index in [-0.39, 0.29) is 5.82 Å². The molecule has 0 atom stereocenters. The lowest BCUT2D eigenvalue weighted by Crippen LogP contribution is -2.47. The van der Waals surface area contributed by atoms with Crippen LogP contribution >= 0.6 is 0 Å². The molecule has 0 aromatic heterocycles. The first kappa shape index (κ1) is 13.1. The summed E-state index contributed by atoms with van der Waals surface area (Å²) < 4.78 is 18.4. The van der Waals surface area contributed by atoms with Gasteiger partial charge in [0.25, 0.3) is 0 Å². The highest BCUT2D eigenvalue weighted by atomic mass is 19.1. The highest BCUT2D eigenvalue weighted by molar-refractivity contribution is 5.58. The molecule has 1 saturated heterocycles. The third-order valence-corrected chi connectivity index (χ3v) is 3.30. The van der Waals surface area contributed by atoms with Gasteiger partial charge in [0.05, 0.1) is 12.8 Å². The number of hydrogen-bond acceptors (Lipinski definition) is 4. The molecule has 2 N–H and O–H groups in total. The van der Waals surface area contributed by atoms with Crippen LogP contribution in [0.1, 0.15) is 0 Å². The van der Waals surface area contributed by atoms with E-state index in [1.807, 2.05) is 0 Å². The molecule has 0 amide bonds. The number of anilines is 1. The lowest BCUT2D eigenvalue weighted by molar-refractivity contribution is 0.264. The van der Waals surface area contributed by atoms with Gasteiger partial charge in [-0.1, -0.05) is 0 Å². The number of piperazine rings is 1. The van der Waals surface area contributed by atoms with Crippen molar-refractivity contribution < 1.29 is 9.13 Å². The molecule has 0 bridgehead atoms. The molecule has 4 nitrogen and oxygen atoms in total. The second-order valence-electron chi connectivity index (χ2n) is 4.43. The number of hydrogen-bond donors (Lipinski definition) is 1. The van der Waals surface area contributed by atoms with Gasteiger partial charge < -0.3 is 15.4 Å². The first-order valence-corrected chi connectivity index (χ1v) is 6.25. The Morgan fingerprint density at radius 3 is 2.61 bits per heavy atom. The van der Waals surface area contributed by atoms with Crippen LogP contribution in [0, 0.1) is 5.82 Å². The molecular formula is C13H20FN3O. The van der Waals surface area contributed by atoms with Crippen molar-refractivity contribution in [1.29, 1.82) is 0 Å². The number of rotatable bonds is 4. The number of ether oxygens (including phenoxy) is 1. The van der Waals surface area contributed by atoms with Gasteiger partial charge >= 0.3 is 0 Å². The lowest BCUT2D eigenvalue weighted by Gasteiger charge is -2.36. The van der Waals surface area contributed by atoms with Crippen LogP contribution in [0.25, 0.3) is 0 Å². The van der Waals surface area contributed by atoms with Crippen LogP contribution in [0.5, 0.6) is 5.75 Å². The zero-order chi connectivity index (χ0) is 13.0. The molecule has 0 saturated carbocycles. The van der Waals surface area contributed by atoms with E-state index in [1.54, 1.807) is 13.2 Å².